The molecule has 5 nitrogen and oxygen atoms in total. The van der Waals surface area contributed by atoms with Gasteiger partial charge in [-0.15, -0.1) is 11.3 Å². The average Bonchev–Trinajstić information content (AvgIpc) is 3.60. The lowest BCUT2D eigenvalue weighted by molar-refractivity contribution is 0.486. The van der Waals surface area contributed by atoms with Crippen LogP contribution in [-0.4, -0.2) is 10.7 Å². The predicted octanol–water partition coefficient (Wildman–Crippen LogP) is 8.00. The molecule has 3 heterocycles. The molecule has 1 aliphatic carbocycles. The van der Waals surface area contributed by atoms with Crippen molar-refractivity contribution in [1.29, 1.82) is 0 Å². The van der Waals surface area contributed by atoms with Crippen LogP contribution in [0.5, 0.6) is 0 Å². The van der Waals surface area contributed by atoms with Gasteiger partial charge in [-0.3, -0.25) is 0 Å². The Labute approximate surface area is 232 Å². The topological polar surface area (TPSA) is 58.7 Å². The van der Waals surface area contributed by atoms with Crippen molar-refractivity contribution in [3.63, 3.8) is 0 Å². The summed E-state index contributed by atoms with van der Waals surface area (Å²) < 4.78 is 32.9. The highest BCUT2D eigenvalue weighted by atomic mass is 32.1. The maximum atomic E-state index is 13.9. The molecule has 0 N–H and O–H groups in total. The maximum Gasteiger partial charge on any atom is 0.345 e. The number of benzene rings is 3. The molecule has 1 fully saturated rings. The van der Waals surface area contributed by atoms with E-state index in [1.807, 2.05) is 28.6 Å². The Morgan fingerprint density at radius 1 is 0.975 bits per heavy atom. The van der Waals surface area contributed by atoms with Crippen molar-refractivity contribution in [3.05, 3.63) is 123 Å². The lowest BCUT2D eigenvalue weighted by Crippen LogP contribution is -2.28. The molecule has 0 unspecified atom stereocenters. The van der Waals surface area contributed by atoms with Gasteiger partial charge in [0.25, 0.3) is 0 Å². The normalized spacial score (nSPS) is 19.7. The number of aromatic nitrogens is 1. The van der Waals surface area contributed by atoms with Crippen LogP contribution >= 0.6 is 11.3 Å². The van der Waals surface area contributed by atoms with Gasteiger partial charge in [0, 0.05) is 16.7 Å². The second kappa shape index (κ2) is 9.95. The Kier molecular flexibility index (Phi) is 6.12. The number of fused-ring (bicyclic) bond motifs is 2. The van der Waals surface area contributed by atoms with E-state index in [0.29, 0.717) is 22.0 Å². The number of nitrogens with zero attached hydrogens (tertiary/aromatic N) is 3. The fourth-order valence-corrected chi connectivity index (χ4v) is 6.46. The minimum absolute atomic E-state index is 0.0731. The maximum absolute atomic E-state index is 13.9. The summed E-state index contributed by atoms with van der Waals surface area (Å²) in [6, 6.07) is 22.0. The Hall–Kier alpha value is -4.43. The number of para-hydroxylation sites is 1. The summed E-state index contributed by atoms with van der Waals surface area (Å²) in [7, 11) is 0. The van der Waals surface area contributed by atoms with Gasteiger partial charge in [0.05, 0.1) is 23.0 Å². The molecule has 0 amide bonds. The molecule has 198 valence electrons. The highest BCUT2D eigenvalue weighted by molar-refractivity contribution is 7.14. The fourth-order valence-electron chi connectivity index (χ4n) is 5.65. The third kappa shape index (κ3) is 4.44. The third-order valence-corrected chi connectivity index (χ3v) is 8.36. The van der Waals surface area contributed by atoms with Crippen LogP contribution in [0, 0.1) is 17.6 Å². The summed E-state index contributed by atoms with van der Waals surface area (Å²) >= 11 is 1.40. The first kappa shape index (κ1) is 24.6. The first-order valence-electron chi connectivity index (χ1n) is 13.1. The Balaban J connectivity index is 1.31. The van der Waals surface area contributed by atoms with E-state index >= 15 is 0 Å². The summed E-state index contributed by atoms with van der Waals surface area (Å²) in [6.45, 7) is 0. The van der Waals surface area contributed by atoms with Crippen molar-refractivity contribution < 1.29 is 13.2 Å². The van der Waals surface area contributed by atoms with Crippen LogP contribution < -0.4 is 10.6 Å². The molecule has 40 heavy (non-hydrogen) atoms. The van der Waals surface area contributed by atoms with Crippen molar-refractivity contribution in [2.24, 2.45) is 11.0 Å². The zero-order chi connectivity index (χ0) is 27.2. The standard InChI is InChI=1S/C32H23F2N3O2S/c33-23-12-8-19(9-13-23)16-22-5-3-6-25-29(22)36-37(30(25)20-10-14-24(34)15-11-20)32-35-27(18-40-32)26-17-21-4-1-2-7-28(21)39-31(26)38/h1-2,4,7-18,25,30H,3,5-6H2/b22-16+/t25-,30+/m0/s1. The molecule has 8 heteroatoms. The molecule has 0 spiro atoms. The predicted molar refractivity (Wildman–Crippen MR) is 154 cm³/mol. The van der Waals surface area contributed by atoms with E-state index < -0.39 is 5.63 Å². The van der Waals surface area contributed by atoms with Crippen molar-refractivity contribution in [2.45, 2.75) is 25.3 Å². The largest absolute Gasteiger partial charge is 0.422 e. The number of hydrogen-bond acceptors (Lipinski definition) is 6. The van der Waals surface area contributed by atoms with Gasteiger partial charge in [-0.25, -0.2) is 23.6 Å². The quantitative estimate of drug-likeness (QED) is 0.212. The molecular weight excluding hydrogens is 528 g/mol. The van der Waals surface area contributed by atoms with E-state index in [4.69, 9.17) is 14.5 Å². The first-order chi connectivity index (χ1) is 19.5. The Morgan fingerprint density at radius 3 is 2.52 bits per heavy atom. The zero-order valence-corrected chi connectivity index (χ0v) is 22.1. The van der Waals surface area contributed by atoms with E-state index in [1.165, 1.54) is 35.6 Å². The van der Waals surface area contributed by atoms with Gasteiger partial charge in [-0.2, -0.15) is 5.10 Å². The van der Waals surface area contributed by atoms with Crippen LogP contribution in [0.2, 0.25) is 0 Å². The van der Waals surface area contributed by atoms with Crippen LogP contribution in [0.3, 0.4) is 0 Å². The van der Waals surface area contributed by atoms with Crippen LogP contribution in [-0.2, 0) is 0 Å². The van der Waals surface area contributed by atoms with Gasteiger partial charge in [0.2, 0.25) is 5.13 Å². The SMILES string of the molecule is O=c1oc2ccccc2cc1-c1csc(N2N=C3/C(=C/c4ccc(F)cc4)CCC[C@@H]3[C@H]2c2ccc(F)cc2)n1. The molecule has 2 aliphatic rings. The molecule has 1 aliphatic heterocycles. The lowest BCUT2D eigenvalue weighted by Gasteiger charge is -2.29. The van der Waals surface area contributed by atoms with Crippen molar-refractivity contribution in [2.75, 3.05) is 5.01 Å². The van der Waals surface area contributed by atoms with Crippen molar-refractivity contribution in [1.82, 2.24) is 4.98 Å². The van der Waals surface area contributed by atoms with Gasteiger partial charge in [0.15, 0.2) is 0 Å². The second-order valence-corrected chi connectivity index (χ2v) is 10.9. The summed E-state index contributed by atoms with van der Waals surface area (Å²) in [5.74, 6) is -0.497. The van der Waals surface area contributed by atoms with Gasteiger partial charge >= 0.3 is 5.63 Å². The van der Waals surface area contributed by atoms with Crippen LogP contribution in [0.15, 0.2) is 104 Å². The molecule has 5 aromatic rings. The van der Waals surface area contributed by atoms with E-state index in [2.05, 4.69) is 6.08 Å². The van der Waals surface area contributed by atoms with E-state index in [9.17, 15) is 13.6 Å². The second-order valence-electron chi connectivity index (χ2n) is 10.0. The average molecular weight is 552 g/mol. The summed E-state index contributed by atoms with van der Waals surface area (Å²) in [4.78, 5) is 17.7. The smallest absolute Gasteiger partial charge is 0.345 e. The van der Waals surface area contributed by atoms with Crippen molar-refractivity contribution in [3.8, 4) is 11.3 Å². The lowest BCUT2D eigenvalue weighted by atomic mass is 9.77. The third-order valence-electron chi connectivity index (χ3n) is 7.53. The molecule has 1 saturated carbocycles. The number of hydrogen-bond donors (Lipinski definition) is 0. The molecule has 2 aromatic heterocycles. The van der Waals surface area contributed by atoms with Gasteiger partial charge in [-0.05, 0) is 78.4 Å². The fraction of sp³-hybridized carbons (Fsp3) is 0.156. The first-order valence-corrected chi connectivity index (χ1v) is 14.0. The van der Waals surface area contributed by atoms with Crippen LogP contribution in [0.4, 0.5) is 13.9 Å². The minimum Gasteiger partial charge on any atom is -0.422 e. The number of allylic oxidation sites excluding steroid dienone is 1. The summed E-state index contributed by atoms with van der Waals surface area (Å²) in [5.41, 5.74) is 4.91. The summed E-state index contributed by atoms with van der Waals surface area (Å²) in [5, 5.41) is 10.3. The van der Waals surface area contributed by atoms with Crippen molar-refractivity contribution >= 4 is 39.2 Å². The molecule has 3 aromatic carbocycles. The van der Waals surface area contributed by atoms with Gasteiger partial charge < -0.3 is 4.42 Å². The summed E-state index contributed by atoms with van der Waals surface area (Å²) in [6.07, 6.45) is 4.83. The highest BCUT2D eigenvalue weighted by Gasteiger charge is 2.43. The van der Waals surface area contributed by atoms with E-state index in [0.717, 1.165) is 47.1 Å². The monoisotopic (exact) mass is 551 g/mol. The number of thiazole rings is 1. The number of hydrazone groups is 1. The van der Waals surface area contributed by atoms with Crippen LogP contribution in [0.1, 0.15) is 36.4 Å². The van der Waals surface area contributed by atoms with Gasteiger partial charge in [-0.1, -0.05) is 42.5 Å². The van der Waals surface area contributed by atoms with Gasteiger partial charge in [0.1, 0.15) is 17.2 Å². The molecular formula is C32H23F2N3O2S. The number of halogens is 2. The number of rotatable bonds is 4. The highest BCUT2D eigenvalue weighted by Crippen LogP contribution is 2.47. The van der Waals surface area contributed by atoms with E-state index in [1.54, 1.807) is 36.4 Å². The Bertz CT molecular complexity index is 1840. The molecule has 7 rings (SSSR count). The zero-order valence-electron chi connectivity index (χ0n) is 21.3. The van der Waals surface area contributed by atoms with E-state index in [-0.39, 0.29) is 23.6 Å². The molecule has 0 bridgehead atoms. The molecule has 2 atom stereocenters. The number of anilines is 1. The molecule has 0 saturated heterocycles. The van der Waals surface area contributed by atoms with Crippen LogP contribution in [0.25, 0.3) is 28.3 Å². The minimum atomic E-state index is -0.448. The Morgan fingerprint density at radius 2 is 1.73 bits per heavy atom. The molecule has 0 radical (unpaired) electrons.